The van der Waals surface area contributed by atoms with Crippen molar-refractivity contribution in [3.8, 4) is 0 Å². The molecule has 1 heterocycles. The minimum atomic E-state index is -3.88. The fourth-order valence-electron chi connectivity index (χ4n) is 2.13. The molecule has 0 atom stereocenters. The van der Waals surface area contributed by atoms with Gasteiger partial charge >= 0.3 is 0 Å². The molecule has 0 spiro atoms. The van der Waals surface area contributed by atoms with Gasteiger partial charge in [-0.2, -0.15) is 0 Å². The first-order valence-electron chi connectivity index (χ1n) is 5.94. The second kappa shape index (κ2) is 5.04. The van der Waals surface area contributed by atoms with E-state index in [1.165, 1.54) is 0 Å². The Kier molecular flexibility index (Phi) is 3.46. The van der Waals surface area contributed by atoms with Crippen LogP contribution in [0.1, 0.15) is 0 Å². The van der Waals surface area contributed by atoms with E-state index in [0.29, 0.717) is 4.47 Å². The number of nitrogens with zero attached hydrogens (tertiary/aromatic N) is 1. The maximum Gasteiger partial charge on any atom is 0.267 e. The summed E-state index contributed by atoms with van der Waals surface area (Å²) >= 11 is 8.19. The van der Waals surface area contributed by atoms with E-state index in [4.69, 9.17) is 12.2 Å². The van der Waals surface area contributed by atoms with E-state index in [1.54, 1.807) is 12.1 Å². The Hall–Kier alpha value is -1.51. The van der Waals surface area contributed by atoms with Gasteiger partial charge in [-0.3, -0.25) is 4.79 Å². The molecule has 2 aromatic carbocycles. The largest absolute Gasteiger partial charge is 0.301 e. The zero-order chi connectivity index (χ0) is 15.2. The fraction of sp³-hybridized carbons (Fsp3) is 0.0769. The highest BCUT2D eigenvalue weighted by Gasteiger charge is 2.35. The molecule has 1 amide bonds. The molecule has 0 unspecified atom stereocenters. The number of amides is 1. The molecule has 3 rings (SSSR count). The molecule has 2 aromatic rings. The van der Waals surface area contributed by atoms with Gasteiger partial charge in [0.25, 0.3) is 10.0 Å². The summed E-state index contributed by atoms with van der Waals surface area (Å²) < 4.78 is 26.7. The number of carbonyl (C=O) groups is 1. The van der Waals surface area contributed by atoms with Gasteiger partial charge in [-0.05, 0) is 51.1 Å². The molecule has 5 nitrogen and oxygen atoms in total. The normalized spacial score (nSPS) is 15.6. The van der Waals surface area contributed by atoms with Gasteiger partial charge in [0.05, 0.1) is 0 Å². The lowest BCUT2D eigenvalue weighted by Crippen LogP contribution is -2.34. The lowest BCUT2D eigenvalue weighted by atomic mass is 10.1. The Morgan fingerprint density at radius 3 is 2.38 bits per heavy atom. The second-order valence-electron chi connectivity index (χ2n) is 4.49. The van der Waals surface area contributed by atoms with Crippen LogP contribution in [-0.2, 0) is 14.8 Å². The Morgan fingerprint density at radius 2 is 1.81 bits per heavy atom. The number of fused-ring (bicyclic) bond motifs is 1. The van der Waals surface area contributed by atoms with Crippen molar-refractivity contribution in [1.29, 1.82) is 0 Å². The van der Waals surface area contributed by atoms with Crippen LogP contribution in [0.3, 0.4) is 0 Å². The number of sulfonamides is 1. The van der Waals surface area contributed by atoms with Gasteiger partial charge in [0.1, 0.15) is 11.4 Å². The van der Waals surface area contributed by atoms with Crippen molar-refractivity contribution in [2.45, 2.75) is 4.90 Å². The Bertz CT molecular complexity index is 880. The average molecular weight is 385 g/mol. The third-order valence-electron chi connectivity index (χ3n) is 3.13. The van der Waals surface area contributed by atoms with Crippen molar-refractivity contribution < 1.29 is 13.2 Å². The molecule has 0 saturated carbocycles. The van der Waals surface area contributed by atoms with Crippen LogP contribution < -0.4 is 5.32 Å². The van der Waals surface area contributed by atoms with Crippen LogP contribution in [0.2, 0.25) is 0 Å². The molecule has 0 aromatic heterocycles. The zero-order valence-corrected chi connectivity index (χ0v) is 13.8. The van der Waals surface area contributed by atoms with Crippen molar-refractivity contribution in [3.63, 3.8) is 0 Å². The maximum atomic E-state index is 12.7. The minimum absolute atomic E-state index is 0.0834. The summed E-state index contributed by atoms with van der Waals surface area (Å²) in [4.78, 5) is 11.4. The van der Waals surface area contributed by atoms with Crippen LogP contribution in [0.15, 0.2) is 45.8 Å². The summed E-state index contributed by atoms with van der Waals surface area (Å²) in [6, 6.07) is 10.7. The SMILES string of the molecule is O=C1CN(S(=O)(=O)c2cc3ccccc3cc2Br)C(=S)N1. The molecular weight excluding hydrogens is 376 g/mol. The minimum Gasteiger partial charge on any atom is -0.301 e. The Labute approximate surface area is 135 Å². The molecule has 1 saturated heterocycles. The molecule has 0 bridgehead atoms. The highest BCUT2D eigenvalue weighted by atomic mass is 79.9. The summed E-state index contributed by atoms with van der Waals surface area (Å²) in [5.41, 5.74) is 0. The van der Waals surface area contributed by atoms with Crippen LogP contribution in [0.4, 0.5) is 0 Å². The monoisotopic (exact) mass is 384 g/mol. The predicted octanol–water partition coefficient (Wildman–Crippen LogP) is 2.01. The molecule has 1 aliphatic heterocycles. The van der Waals surface area contributed by atoms with Crippen molar-refractivity contribution >= 4 is 60.0 Å². The van der Waals surface area contributed by atoms with Crippen molar-refractivity contribution in [2.75, 3.05) is 6.54 Å². The van der Waals surface area contributed by atoms with Gasteiger partial charge < -0.3 is 5.32 Å². The number of hydrogen-bond acceptors (Lipinski definition) is 4. The van der Waals surface area contributed by atoms with Gasteiger partial charge in [0, 0.05) is 4.47 Å². The van der Waals surface area contributed by atoms with Crippen LogP contribution in [0, 0.1) is 0 Å². The first-order chi connectivity index (χ1) is 9.89. The van der Waals surface area contributed by atoms with E-state index in [1.807, 2.05) is 24.3 Å². The molecule has 1 aliphatic rings. The van der Waals surface area contributed by atoms with Crippen LogP contribution in [0.25, 0.3) is 10.8 Å². The van der Waals surface area contributed by atoms with Gasteiger partial charge in [-0.15, -0.1) is 0 Å². The lowest BCUT2D eigenvalue weighted by molar-refractivity contribution is -0.118. The first kappa shape index (κ1) is 14.4. The summed E-state index contributed by atoms with van der Waals surface area (Å²) in [5, 5.41) is 3.94. The molecule has 1 fully saturated rings. The number of hydrogen-bond donors (Lipinski definition) is 1. The maximum absolute atomic E-state index is 12.7. The zero-order valence-electron chi connectivity index (χ0n) is 10.5. The van der Waals surface area contributed by atoms with Gasteiger partial charge in [-0.25, -0.2) is 12.7 Å². The van der Waals surface area contributed by atoms with Crippen molar-refractivity contribution in [2.24, 2.45) is 0 Å². The molecule has 108 valence electrons. The number of thiocarbonyl (C=S) groups is 1. The third-order valence-corrected chi connectivity index (χ3v) is 6.27. The van der Waals surface area contributed by atoms with Gasteiger partial charge in [0.2, 0.25) is 5.91 Å². The van der Waals surface area contributed by atoms with E-state index in [2.05, 4.69) is 21.2 Å². The third kappa shape index (κ3) is 2.43. The highest BCUT2D eigenvalue weighted by molar-refractivity contribution is 9.10. The average Bonchev–Trinajstić information content (AvgIpc) is 2.77. The van der Waals surface area contributed by atoms with Gasteiger partial charge in [0.15, 0.2) is 5.11 Å². The number of benzene rings is 2. The number of halogens is 1. The van der Waals surface area contributed by atoms with Crippen LogP contribution in [-0.4, -0.2) is 30.3 Å². The standard InChI is InChI=1S/C13H9BrN2O3S2/c14-10-5-8-3-1-2-4-9(8)6-11(10)21(18,19)16-7-12(17)15-13(16)20/h1-6H,7H2,(H,15,17,20). The first-order valence-corrected chi connectivity index (χ1v) is 8.58. The quantitative estimate of drug-likeness (QED) is 0.804. The summed E-state index contributed by atoms with van der Waals surface area (Å²) in [5.74, 6) is -0.430. The fourth-order valence-corrected chi connectivity index (χ4v) is 4.94. The number of rotatable bonds is 2. The number of carbonyl (C=O) groups excluding carboxylic acids is 1. The Balaban J connectivity index is 2.17. The molecular formula is C13H9BrN2O3S2. The number of nitrogens with one attached hydrogen (secondary N) is 1. The topological polar surface area (TPSA) is 66.5 Å². The smallest absolute Gasteiger partial charge is 0.267 e. The molecule has 8 heteroatoms. The van der Waals surface area contributed by atoms with E-state index in [0.717, 1.165) is 15.1 Å². The molecule has 0 aliphatic carbocycles. The predicted molar refractivity (Wildman–Crippen MR) is 86.3 cm³/mol. The van der Waals surface area contributed by atoms with Crippen molar-refractivity contribution in [3.05, 3.63) is 40.9 Å². The van der Waals surface area contributed by atoms with E-state index in [-0.39, 0.29) is 16.6 Å². The van der Waals surface area contributed by atoms with Crippen molar-refractivity contribution in [1.82, 2.24) is 9.62 Å². The summed E-state index contributed by atoms with van der Waals surface area (Å²) in [6.45, 7) is -0.291. The molecule has 0 radical (unpaired) electrons. The highest BCUT2D eigenvalue weighted by Crippen LogP contribution is 2.30. The van der Waals surface area contributed by atoms with E-state index in [9.17, 15) is 13.2 Å². The Morgan fingerprint density at radius 1 is 1.19 bits per heavy atom. The van der Waals surface area contributed by atoms with E-state index < -0.39 is 15.9 Å². The van der Waals surface area contributed by atoms with Crippen LogP contribution >= 0.6 is 28.1 Å². The molecule has 21 heavy (non-hydrogen) atoms. The second-order valence-corrected chi connectivity index (χ2v) is 7.57. The summed E-state index contributed by atoms with van der Waals surface area (Å²) in [7, 11) is -3.88. The van der Waals surface area contributed by atoms with E-state index >= 15 is 0 Å². The lowest BCUT2D eigenvalue weighted by Gasteiger charge is -2.17. The van der Waals surface area contributed by atoms with Gasteiger partial charge in [-0.1, -0.05) is 24.3 Å². The summed E-state index contributed by atoms with van der Waals surface area (Å²) in [6.07, 6.45) is 0. The molecule has 1 N–H and O–H groups in total. The van der Waals surface area contributed by atoms with Crippen LogP contribution in [0.5, 0.6) is 0 Å².